The van der Waals surface area contributed by atoms with Crippen molar-refractivity contribution in [3.8, 4) is 0 Å². The maximum atomic E-state index is 11.5. The van der Waals surface area contributed by atoms with Crippen LogP contribution >= 0.6 is 0 Å². The average Bonchev–Trinajstić information content (AvgIpc) is 2.85. The Morgan fingerprint density at radius 3 is 3.00 bits per heavy atom. The van der Waals surface area contributed by atoms with E-state index in [0.29, 0.717) is 10.8 Å². The van der Waals surface area contributed by atoms with E-state index >= 15 is 0 Å². The number of H-pyrrole nitrogens is 3. The van der Waals surface area contributed by atoms with Gasteiger partial charge in [0.15, 0.2) is 0 Å². The van der Waals surface area contributed by atoms with Gasteiger partial charge in [-0.3, -0.25) is 4.79 Å². The molecule has 0 aliphatic carbocycles. The molecule has 5 nitrogen and oxygen atoms in total. The maximum absolute atomic E-state index is 11.5. The lowest BCUT2D eigenvalue weighted by molar-refractivity contribution is 1.19. The number of hydrogen-bond acceptors (Lipinski definition) is 2. The quantitative estimate of drug-likeness (QED) is 0.538. The SMILES string of the molecule is C=c1[nH]c(=O)/c(=C/c2c[nH]c3ncccc23)[nH]1. The van der Waals surface area contributed by atoms with Crippen LogP contribution in [0.4, 0.5) is 0 Å². The summed E-state index contributed by atoms with van der Waals surface area (Å²) in [5.41, 5.74) is 2.05. The zero-order chi connectivity index (χ0) is 11.8. The molecule has 0 aliphatic heterocycles. The van der Waals surface area contributed by atoms with Gasteiger partial charge < -0.3 is 15.0 Å². The fourth-order valence-electron chi connectivity index (χ4n) is 1.81. The van der Waals surface area contributed by atoms with Crippen LogP contribution in [0.1, 0.15) is 5.56 Å². The summed E-state index contributed by atoms with van der Waals surface area (Å²) in [7, 11) is 0. The van der Waals surface area contributed by atoms with Crippen LogP contribution in [-0.4, -0.2) is 19.9 Å². The first-order valence-electron chi connectivity index (χ1n) is 5.15. The summed E-state index contributed by atoms with van der Waals surface area (Å²) in [4.78, 5) is 24.2. The molecule has 0 fully saturated rings. The van der Waals surface area contributed by atoms with Gasteiger partial charge in [-0.1, -0.05) is 6.58 Å². The summed E-state index contributed by atoms with van der Waals surface area (Å²) < 4.78 is 0. The fourth-order valence-corrected chi connectivity index (χ4v) is 1.81. The molecule has 3 N–H and O–H groups in total. The summed E-state index contributed by atoms with van der Waals surface area (Å²) in [6, 6.07) is 3.81. The van der Waals surface area contributed by atoms with Crippen LogP contribution in [0.25, 0.3) is 23.7 Å². The molecule has 0 atom stereocenters. The molecule has 3 aromatic rings. The van der Waals surface area contributed by atoms with Crippen molar-refractivity contribution in [1.29, 1.82) is 0 Å². The van der Waals surface area contributed by atoms with E-state index in [9.17, 15) is 4.79 Å². The maximum Gasteiger partial charge on any atom is 0.273 e. The first kappa shape index (κ1) is 9.65. The summed E-state index contributed by atoms with van der Waals surface area (Å²) in [5.74, 6) is 0. The number of hydrogen-bond donors (Lipinski definition) is 3. The van der Waals surface area contributed by atoms with Crippen molar-refractivity contribution in [1.82, 2.24) is 19.9 Å². The highest BCUT2D eigenvalue weighted by Crippen LogP contribution is 2.15. The van der Waals surface area contributed by atoms with Crippen molar-refractivity contribution >= 4 is 23.7 Å². The Morgan fingerprint density at radius 1 is 1.35 bits per heavy atom. The molecule has 0 bridgehead atoms. The van der Waals surface area contributed by atoms with Gasteiger partial charge in [0.05, 0.1) is 0 Å². The van der Waals surface area contributed by atoms with Crippen molar-refractivity contribution in [2.24, 2.45) is 0 Å². The van der Waals surface area contributed by atoms with E-state index in [1.807, 2.05) is 18.3 Å². The third kappa shape index (κ3) is 1.57. The van der Waals surface area contributed by atoms with Gasteiger partial charge in [-0.25, -0.2) is 4.98 Å². The topological polar surface area (TPSA) is 77.3 Å². The number of aromatic nitrogens is 4. The second-order valence-corrected chi connectivity index (χ2v) is 3.76. The number of imidazole rings is 1. The van der Waals surface area contributed by atoms with Gasteiger partial charge in [-0.2, -0.15) is 0 Å². The lowest BCUT2D eigenvalue weighted by atomic mass is 10.2. The molecule has 0 aliphatic rings. The Morgan fingerprint density at radius 2 is 2.24 bits per heavy atom. The molecule has 0 radical (unpaired) electrons. The monoisotopic (exact) mass is 226 g/mol. The van der Waals surface area contributed by atoms with Gasteiger partial charge in [0, 0.05) is 23.3 Å². The number of rotatable bonds is 1. The van der Waals surface area contributed by atoms with Gasteiger partial charge >= 0.3 is 0 Å². The Bertz CT molecular complexity index is 837. The summed E-state index contributed by atoms with van der Waals surface area (Å²) >= 11 is 0. The molecule has 5 heteroatoms. The standard InChI is InChI=1S/C12H10N4O/c1-7-15-10(12(17)16-7)5-8-6-14-11-9(8)3-2-4-13-11/h2-6,15H,1H2,(H,13,14)(H,16,17)/b10-5-. The molecule has 0 unspecified atom stereocenters. The summed E-state index contributed by atoms with van der Waals surface area (Å²) in [5, 5.41) is 1.46. The van der Waals surface area contributed by atoms with E-state index < -0.39 is 0 Å². The first-order valence-corrected chi connectivity index (χ1v) is 5.15. The van der Waals surface area contributed by atoms with Crippen LogP contribution in [-0.2, 0) is 0 Å². The van der Waals surface area contributed by atoms with Gasteiger partial charge in [-0.05, 0) is 18.2 Å². The molecule has 3 rings (SSSR count). The zero-order valence-electron chi connectivity index (χ0n) is 8.95. The van der Waals surface area contributed by atoms with Crippen LogP contribution in [0, 0.1) is 0 Å². The zero-order valence-corrected chi connectivity index (χ0v) is 8.95. The predicted octanol–water partition coefficient (Wildman–Crippen LogP) is -0.182. The highest BCUT2D eigenvalue weighted by Gasteiger charge is 2.01. The van der Waals surface area contributed by atoms with Gasteiger partial charge in [0.1, 0.15) is 16.5 Å². The third-order valence-corrected chi connectivity index (χ3v) is 2.58. The molecule has 3 heterocycles. The molecule has 0 saturated carbocycles. The lowest BCUT2D eigenvalue weighted by Gasteiger charge is -1.88. The van der Waals surface area contributed by atoms with Gasteiger partial charge in [0.25, 0.3) is 5.56 Å². The van der Waals surface area contributed by atoms with E-state index in [4.69, 9.17) is 0 Å². The van der Waals surface area contributed by atoms with Crippen molar-refractivity contribution in [3.05, 3.63) is 51.3 Å². The minimum Gasteiger partial charge on any atom is -0.346 e. The molecule has 0 amide bonds. The third-order valence-electron chi connectivity index (χ3n) is 2.58. The number of fused-ring (bicyclic) bond motifs is 1. The number of pyridine rings is 1. The Hall–Kier alpha value is -2.56. The minimum atomic E-state index is -0.173. The molecule has 17 heavy (non-hydrogen) atoms. The van der Waals surface area contributed by atoms with Crippen molar-refractivity contribution in [3.63, 3.8) is 0 Å². The largest absolute Gasteiger partial charge is 0.346 e. The van der Waals surface area contributed by atoms with E-state index in [-0.39, 0.29) is 5.56 Å². The Labute approximate surface area is 95.5 Å². The number of nitrogens with zero attached hydrogens (tertiary/aromatic N) is 1. The van der Waals surface area contributed by atoms with E-state index in [0.717, 1.165) is 16.6 Å². The average molecular weight is 226 g/mol. The molecular weight excluding hydrogens is 216 g/mol. The van der Waals surface area contributed by atoms with Crippen LogP contribution in [0.2, 0.25) is 0 Å². The normalized spacial score (nSPS) is 12.4. The van der Waals surface area contributed by atoms with Crippen molar-refractivity contribution in [2.75, 3.05) is 0 Å². The highest BCUT2D eigenvalue weighted by atomic mass is 16.1. The Balaban J connectivity index is 2.31. The fraction of sp³-hybridized carbons (Fsp3) is 0. The molecule has 3 aromatic heterocycles. The predicted molar refractivity (Wildman–Crippen MR) is 65.8 cm³/mol. The van der Waals surface area contributed by atoms with Gasteiger partial charge in [-0.15, -0.1) is 0 Å². The molecule has 0 saturated heterocycles. The molecular formula is C12H10N4O. The van der Waals surface area contributed by atoms with E-state index in [1.165, 1.54) is 0 Å². The number of aromatic amines is 3. The van der Waals surface area contributed by atoms with Crippen LogP contribution in [0.5, 0.6) is 0 Å². The summed E-state index contributed by atoms with van der Waals surface area (Å²) in [6.07, 6.45) is 5.31. The second-order valence-electron chi connectivity index (χ2n) is 3.76. The summed E-state index contributed by atoms with van der Waals surface area (Å²) in [6.45, 7) is 3.64. The molecule has 84 valence electrons. The second kappa shape index (κ2) is 3.48. The highest BCUT2D eigenvalue weighted by molar-refractivity contribution is 5.85. The van der Waals surface area contributed by atoms with Crippen molar-refractivity contribution < 1.29 is 0 Å². The lowest BCUT2D eigenvalue weighted by Crippen LogP contribution is -2.22. The van der Waals surface area contributed by atoms with E-state index in [1.54, 1.807) is 12.3 Å². The first-order chi connectivity index (χ1) is 8.24. The minimum absolute atomic E-state index is 0.173. The smallest absolute Gasteiger partial charge is 0.273 e. The van der Waals surface area contributed by atoms with Crippen LogP contribution in [0.3, 0.4) is 0 Å². The molecule has 0 spiro atoms. The van der Waals surface area contributed by atoms with Gasteiger partial charge in [0.2, 0.25) is 0 Å². The Kier molecular flexibility index (Phi) is 1.98. The van der Waals surface area contributed by atoms with Crippen LogP contribution < -0.4 is 16.4 Å². The van der Waals surface area contributed by atoms with E-state index in [2.05, 4.69) is 26.5 Å². The van der Waals surface area contributed by atoms with Crippen molar-refractivity contribution in [2.45, 2.75) is 0 Å². The number of nitrogens with one attached hydrogen (secondary N) is 3. The molecule has 0 aromatic carbocycles. The van der Waals surface area contributed by atoms with Crippen LogP contribution in [0.15, 0.2) is 29.3 Å².